The van der Waals surface area contributed by atoms with Crippen LogP contribution in [0.1, 0.15) is 10.4 Å². The summed E-state index contributed by atoms with van der Waals surface area (Å²) in [7, 11) is 1.38. The van der Waals surface area contributed by atoms with Crippen LogP contribution in [-0.4, -0.2) is 66.3 Å². The zero-order valence-electron chi connectivity index (χ0n) is 12.6. The molecule has 1 saturated heterocycles. The van der Waals surface area contributed by atoms with Gasteiger partial charge in [-0.3, -0.25) is 19.7 Å². The van der Waals surface area contributed by atoms with Crippen molar-refractivity contribution in [3.63, 3.8) is 0 Å². The van der Waals surface area contributed by atoms with E-state index in [1.54, 1.807) is 4.90 Å². The molecule has 0 bridgehead atoms. The Balaban J connectivity index is 2.10. The number of nitrogens with zero attached hydrogens (tertiary/aromatic N) is 3. The summed E-state index contributed by atoms with van der Waals surface area (Å²) < 4.78 is 13.1. The molecule has 1 N–H and O–H groups in total. The van der Waals surface area contributed by atoms with Crippen LogP contribution in [0.2, 0.25) is 0 Å². The fourth-order valence-corrected chi connectivity index (χ4v) is 2.33. The lowest BCUT2D eigenvalue weighted by Crippen LogP contribution is -2.49. The summed E-state index contributed by atoms with van der Waals surface area (Å²) >= 11 is 0. The third kappa shape index (κ3) is 4.01. The summed E-state index contributed by atoms with van der Waals surface area (Å²) in [6, 6.07) is 2.73. The Morgan fingerprint density at radius 1 is 1.39 bits per heavy atom. The van der Waals surface area contributed by atoms with E-state index in [0.717, 1.165) is 17.0 Å². The van der Waals surface area contributed by atoms with Crippen LogP contribution in [0.25, 0.3) is 0 Å². The predicted octanol–water partition coefficient (Wildman–Crippen LogP) is 0.238. The average molecular weight is 324 g/mol. The minimum Gasteiger partial charge on any atom is -0.339 e. The van der Waals surface area contributed by atoms with Crippen LogP contribution < -0.4 is 5.32 Å². The molecule has 0 radical (unpaired) electrons. The third-order valence-electron chi connectivity index (χ3n) is 3.58. The number of carbonyl (C=O) groups excluding carboxylic acids is 2. The molecule has 8 nitrogen and oxygen atoms in total. The van der Waals surface area contributed by atoms with E-state index in [-0.39, 0.29) is 18.0 Å². The number of nitrogens with one attached hydrogen (secondary N) is 1. The molecule has 1 aromatic carbocycles. The quantitative estimate of drug-likeness (QED) is 0.632. The zero-order valence-corrected chi connectivity index (χ0v) is 12.6. The molecule has 0 spiro atoms. The summed E-state index contributed by atoms with van der Waals surface area (Å²) in [5.41, 5.74) is -0.858. The first-order valence-corrected chi connectivity index (χ1v) is 7.08. The largest absolute Gasteiger partial charge is 0.339 e. The Hall–Kier alpha value is -2.55. The normalized spacial score (nSPS) is 14.4. The molecule has 1 fully saturated rings. The molecular weight excluding hydrogens is 307 g/mol. The number of nitro benzene ring substituents is 1. The Kier molecular flexibility index (Phi) is 5.22. The lowest BCUT2D eigenvalue weighted by atomic mass is 10.1. The van der Waals surface area contributed by atoms with E-state index < -0.39 is 22.3 Å². The molecule has 1 aliphatic heterocycles. The molecule has 1 aromatic rings. The second kappa shape index (κ2) is 7.14. The van der Waals surface area contributed by atoms with E-state index in [1.165, 1.54) is 7.05 Å². The van der Waals surface area contributed by atoms with Crippen molar-refractivity contribution < 1.29 is 18.9 Å². The van der Waals surface area contributed by atoms with Gasteiger partial charge in [-0.25, -0.2) is 4.39 Å². The van der Waals surface area contributed by atoms with Gasteiger partial charge in [0.15, 0.2) is 0 Å². The maximum Gasteiger partial charge on any atom is 0.285 e. The van der Waals surface area contributed by atoms with Crippen molar-refractivity contribution in [1.29, 1.82) is 0 Å². The molecular formula is C14H17FN4O4. The van der Waals surface area contributed by atoms with Gasteiger partial charge in [0.2, 0.25) is 5.91 Å². The first kappa shape index (κ1) is 16.8. The van der Waals surface area contributed by atoms with Gasteiger partial charge in [-0.2, -0.15) is 0 Å². The van der Waals surface area contributed by atoms with Crippen LogP contribution in [0.15, 0.2) is 18.2 Å². The number of benzene rings is 1. The average Bonchev–Trinajstić information content (AvgIpc) is 2.54. The van der Waals surface area contributed by atoms with Crippen LogP contribution in [-0.2, 0) is 4.79 Å². The van der Waals surface area contributed by atoms with Crippen LogP contribution in [0.3, 0.4) is 0 Å². The van der Waals surface area contributed by atoms with Crippen molar-refractivity contribution in [2.45, 2.75) is 0 Å². The highest BCUT2D eigenvalue weighted by molar-refractivity contribution is 5.99. The SMILES string of the molecule is CN(CC(=O)N1CCNCC1)C(=O)c1ccc(F)cc1[N+](=O)[O-]. The zero-order chi connectivity index (χ0) is 17.0. The first-order valence-electron chi connectivity index (χ1n) is 7.08. The molecule has 124 valence electrons. The van der Waals surface area contributed by atoms with Crippen molar-refractivity contribution in [2.24, 2.45) is 0 Å². The Morgan fingerprint density at radius 3 is 2.65 bits per heavy atom. The van der Waals surface area contributed by atoms with Crippen LogP contribution in [0, 0.1) is 15.9 Å². The Bertz CT molecular complexity index is 631. The van der Waals surface area contributed by atoms with Gasteiger partial charge in [0.1, 0.15) is 11.4 Å². The summed E-state index contributed by atoms with van der Waals surface area (Å²) in [4.78, 5) is 37.3. The van der Waals surface area contributed by atoms with Crippen molar-refractivity contribution in [1.82, 2.24) is 15.1 Å². The third-order valence-corrected chi connectivity index (χ3v) is 3.58. The van der Waals surface area contributed by atoms with E-state index in [1.807, 2.05) is 0 Å². The van der Waals surface area contributed by atoms with Crippen molar-refractivity contribution in [3.05, 3.63) is 39.7 Å². The number of rotatable bonds is 4. The summed E-state index contributed by atoms with van der Waals surface area (Å²) in [5, 5.41) is 14.1. The number of amides is 2. The number of halogens is 1. The molecule has 9 heteroatoms. The maximum absolute atomic E-state index is 13.1. The van der Waals surface area contributed by atoms with E-state index in [9.17, 15) is 24.1 Å². The predicted molar refractivity (Wildman–Crippen MR) is 79.5 cm³/mol. The number of hydrogen-bond donors (Lipinski definition) is 1. The van der Waals surface area contributed by atoms with Crippen molar-refractivity contribution in [3.8, 4) is 0 Å². The molecule has 0 saturated carbocycles. The van der Waals surface area contributed by atoms with E-state index in [2.05, 4.69) is 5.32 Å². The fraction of sp³-hybridized carbons (Fsp3) is 0.429. The number of likely N-dealkylation sites (N-methyl/N-ethyl adjacent to an activating group) is 1. The van der Waals surface area contributed by atoms with Gasteiger partial charge in [0.25, 0.3) is 11.6 Å². The van der Waals surface area contributed by atoms with Crippen molar-refractivity contribution in [2.75, 3.05) is 39.8 Å². The van der Waals surface area contributed by atoms with Crippen LogP contribution >= 0.6 is 0 Å². The smallest absolute Gasteiger partial charge is 0.285 e. The molecule has 0 unspecified atom stereocenters. The second-order valence-corrected chi connectivity index (χ2v) is 5.21. The van der Waals surface area contributed by atoms with Crippen molar-refractivity contribution >= 4 is 17.5 Å². The lowest BCUT2D eigenvalue weighted by molar-refractivity contribution is -0.385. The van der Waals surface area contributed by atoms with Crippen LogP contribution in [0.5, 0.6) is 0 Å². The van der Waals surface area contributed by atoms with Gasteiger partial charge in [-0.15, -0.1) is 0 Å². The van der Waals surface area contributed by atoms with Gasteiger partial charge >= 0.3 is 0 Å². The highest BCUT2D eigenvalue weighted by Gasteiger charge is 2.26. The molecule has 0 aromatic heterocycles. The highest BCUT2D eigenvalue weighted by atomic mass is 19.1. The van der Waals surface area contributed by atoms with E-state index in [0.29, 0.717) is 32.2 Å². The maximum atomic E-state index is 13.1. The lowest BCUT2D eigenvalue weighted by Gasteiger charge is -2.29. The molecule has 0 aliphatic carbocycles. The van der Waals surface area contributed by atoms with E-state index >= 15 is 0 Å². The molecule has 1 aliphatic rings. The van der Waals surface area contributed by atoms with Gasteiger partial charge in [-0.1, -0.05) is 0 Å². The molecule has 2 rings (SSSR count). The Labute approximate surface area is 132 Å². The topological polar surface area (TPSA) is 95.8 Å². The fourth-order valence-electron chi connectivity index (χ4n) is 2.33. The number of piperazine rings is 1. The number of carbonyl (C=O) groups is 2. The minimum absolute atomic E-state index is 0.187. The first-order chi connectivity index (χ1) is 10.9. The van der Waals surface area contributed by atoms with Gasteiger partial charge < -0.3 is 15.1 Å². The second-order valence-electron chi connectivity index (χ2n) is 5.21. The summed E-state index contributed by atoms with van der Waals surface area (Å²) in [6.07, 6.45) is 0. The molecule has 0 atom stereocenters. The minimum atomic E-state index is -0.817. The monoisotopic (exact) mass is 324 g/mol. The van der Waals surface area contributed by atoms with Gasteiger partial charge in [0.05, 0.1) is 17.5 Å². The number of nitro groups is 1. The summed E-state index contributed by atoms with van der Waals surface area (Å²) in [6.45, 7) is 2.29. The summed E-state index contributed by atoms with van der Waals surface area (Å²) in [5.74, 6) is -1.72. The van der Waals surface area contributed by atoms with E-state index in [4.69, 9.17) is 0 Å². The molecule has 23 heavy (non-hydrogen) atoms. The van der Waals surface area contributed by atoms with Gasteiger partial charge in [0, 0.05) is 33.2 Å². The molecule has 1 heterocycles. The standard InChI is InChI=1S/C14H17FN4O4/c1-17(9-13(20)18-6-4-16-5-7-18)14(21)11-3-2-10(15)8-12(11)19(22)23/h2-3,8,16H,4-7,9H2,1H3. The highest BCUT2D eigenvalue weighted by Crippen LogP contribution is 2.21. The number of hydrogen-bond acceptors (Lipinski definition) is 5. The van der Waals surface area contributed by atoms with Gasteiger partial charge in [-0.05, 0) is 12.1 Å². The Morgan fingerprint density at radius 2 is 2.04 bits per heavy atom. The van der Waals surface area contributed by atoms with Crippen LogP contribution in [0.4, 0.5) is 10.1 Å². The molecule has 2 amide bonds.